The third-order valence-corrected chi connectivity index (χ3v) is 5.52. The molecule has 0 rings (SSSR count). The van der Waals surface area contributed by atoms with Crippen molar-refractivity contribution >= 4 is 8.80 Å². The van der Waals surface area contributed by atoms with Crippen LogP contribution in [0.25, 0.3) is 0 Å². The second kappa shape index (κ2) is 9.01. The van der Waals surface area contributed by atoms with Crippen LogP contribution in [0.3, 0.4) is 0 Å². The summed E-state index contributed by atoms with van der Waals surface area (Å²) in [7, 11) is -0.998. The maximum absolute atomic E-state index is 5.87. The molecule has 0 saturated heterocycles. The maximum Gasteiger partial charge on any atom is 0.503 e. The first-order valence-electron chi connectivity index (χ1n) is 6.25. The van der Waals surface area contributed by atoms with Gasteiger partial charge in [0.2, 0.25) is 0 Å². The standard InChI is InChI=1S/C11H27NO4Si/c1-6-14-17(15-7-2,16-8-3)9-11(13-5)10(4)12/h10-11H,6-9,12H2,1-5H3. The molecule has 0 aromatic rings. The Morgan fingerprint density at radius 3 is 1.65 bits per heavy atom. The van der Waals surface area contributed by atoms with Crippen molar-refractivity contribution in [3.63, 3.8) is 0 Å². The summed E-state index contributed by atoms with van der Waals surface area (Å²) in [5, 5.41) is 0. The van der Waals surface area contributed by atoms with Crippen LogP contribution in [-0.2, 0) is 18.0 Å². The molecule has 2 N–H and O–H groups in total. The first kappa shape index (κ1) is 17.0. The molecule has 104 valence electrons. The van der Waals surface area contributed by atoms with Crippen LogP contribution in [-0.4, -0.2) is 47.9 Å². The Labute approximate surface area is 106 Å². The Balaban J connectivity index is 4.72. The lowest BCUT2D eigenvalue weighted by Crippen LogP contribution is -2.51. The highest BCUT2D eigenvalue weighted by molar-refractivity contribution is 6.60. The van der Waals surface area contributed by atoms with Gasteiger partial charge in [0.1, 0.15) is 0 Å². The summed E-state index contributed by atoms with van der Waals surface area (Å²) >= 11 is 0. The summed E-state index contributed by atoms with van der Waals surface area (Å²) < 4.78 is 22.6. The summed E-state index contributed by atoms with van der Waals surface area (Å²) in [6.45, 7) is 9.44. The Bertz CT molecular complexity index is 175. The van der Waals surface area contributed by atoms with Gasteiger partial charge in [-0.25, -0.2) is 0 Å². The molecule has 0 aromatic carbocycles. The second-order valence-corrected chi connectivity index (χ2v) is 6.46. The molecule has 0 fully saturated rings. The molecule has 2 unspecified atom stereocenters. The molecule has 0 amide bonds. The molecule has 17 heavy (non-hydrogen) atoms. The van der Waals surface area contributed by atoms with Crippen molar-refractivity contribution in [1.29, 1.82) is 0 Å². The minimum atomic E-state index is -2.65. The lowest BCUT2D eigenvalue weighted by molar-refractivity contribution is 0.0382. The largest absolute Gasteiger partial charge is 0.503 e. The molecular weight excluding hydrogens is 238 g/mol. The molecule has 0 saturated carbocycles. The van der Waals surface area contributed by atoms with Crippen LogP contribution in [0.2, 0.25) is 6.04 Å². The zero-order chi connectivity index (χ0) is 13.3. The van der Waals surface area contributed by atoms with Gasteiger partial charge in [-0.05, 0) is 27.7 Å². The Hall–Kier alpha value is 0.0169. The van der Waals surface area contributed by atoms with Crippen molar-refractivity contribution in [2.45, 2.75) is 45.9 Å². The fourth-order valence-electron chi connectivity index (χ4n) is 1.69. The minimum absolute atomic E-state index is 0.0757. The second-order valence-electron chi connectivity index (χ2n) is 3.82. The number of rotatable bonds is 10. The molecule has 0 aliphatic carbocycles. The van der Waals surface area contributed by atoms with Gasteiger partial charge in [-0.1, -0.05) is 0 Å². The van der Waals surface area contributed by atoms with Gasteiger partial charge in [0, 0.05) is 39.0 Å². The van der Waals surface area contributed by atoms with Crippen LogP contribution in [0.5, 0.6) is 0 Å². The van der Waals surface area contributed by atoms with Gasteiger partial charge >= 0.3 is 8.80 Å². The van der Waals surface area contributed by atoms with E-state index in [4.69, 9.17) is 23.7 Å². The smallest absolute Gasteiger partial charge is 0.380 e. The quantitative estimate of drug-likeness (QED) is 0.605. The zero-order valence-corrected chi connectivity index (χ0v) is 12.7. The van der Waals surface area contributed by atoms with E-state index in [1.807, 2.05) is 27.7 Å². The number of hydrogen-bond acceptors (Lipinski definition) is 5. The van der Waals surface area contributed by atoms with Gasteiger partial charge in [0.15, 0.2) is 0 Å². The molecule has 0 heterocycles. The molecule has 6 heteroatoms. The molecule has 5 nitrogen and oxygen atoms in total. The third kappa shape index (κ3) is 5.94. The molecule has 0 aromatic heterocycles. The van der Waals surface area contributed by atoms with E-state index in [1.165, 1.54) is 0 Å². The van der Waals surface area contributed by atoms with Crippen LogP contribution in [0.1, 0.15) is 27.7 Å². The summed E-state index contributed by atoms with van der Waals surface area (Å²) in [5.41, 5.74) is 5.87. The van der Waals surface area contributed by atoms with E-state index in [0.717, 1.165) is 0 Å². The Morgan fingerprint density at radius 2 is 1.41 bits per heavy atom. The maximum atomic E-state index is 5.87. The highest BCUT2D eigenvalue weighted by Gasteiger charge is 2.43. The van der Waals surface area contributed by atoms with E-state index in [2.05, 4.69) is 0 Å². The van der Waals surface area contributed by atoms with Crippen LogP contribution in [0.4, 0.5) is 0 Å². The van der Waals surface area contributed by atoms with Gasteiger partial charge < -0.3 is 23.7 Å². The first-order chi connectivity index (χ1) is 8.05. The SMILES string of the molecule is CCO[Si](CC(OC)C(C)N)(OCC)OCC. The van der Waals surface area contributed by atoms with Gasteiger partial charge in [-0.15, -0.1) is 0 Å². The summed E-state index contributed by atoms with van der Waals surface area (Å²) in [5.74, 6) is 0. The lowest BCUT2D eigenvalue weighted by Gasteiger charge is -2.32. The van der Waals surface area contributed by atoms with Gasteiger partial charge in [0.25, 0.3) is 0 Å². The highest BCUT2D eigenvalue weighted by Crippen LogP contribution is 2.20. The normalized spacial score (nSPS) is 15.9. The Kier molecular flexibility index (Phi) is 9.02. The van der Waals surface area contributed by atoms with Gasteiger partial charge in [0.05, 0.1) is 6.10 Å². The third-order valence-electron chi connectivity index (χ3n) is 2.43. The summed E-state index contributed by atoms with van der Waals surface area (Å²) in [4.78, 5) is 0. The summed E-state index contributed by atoms with van der Waals surface area (Å²) in [6, 6.07) is 0.518. The molecular formula is C11H27NO4Si. The van der Waals surface area contributed by atoms with Crippen molar-refractivity contribution in [3.05, 3.63) is 0 Å². The number of nitrogens with two attached hydrogens (primary N) is 1. The predicted molar refractivity (Wildman–Crippen MR) is 69.9 cm³/mol. The number of methoxy groups -OCH3 is 1. The van der Waals surface area contributed by atoms with E-state index in [9.17, 15) is 0 Å². The van der Waals surface area contributed by atoms with E-state index >= 15 is 0 Å². The van der Waals surface area contributed by atoms with Crippen LogP contribution in [0.15, 0.2) is 0 Å². The molecule has 0 aliphatic heterocycles. The molecule has 0 radical (unpaired) electrons. The number of hydrogen-bond donors (Lipinski definition) is 1. The van der Waals surface area contributed by atoms with E-state index in [-0.39, 0.29) is 12.1 Å². The fourth-order valence-corrected chi connectivity index (χ4v) is 4.65. The molecule has 0 aliphatic rings. The average molecular weight is 265 g/mol. The van der Waals surface area contributed by atoms with E-state index < -0.39 is 8.80 Å². The van der Waals surface area contributed by atoms with Gasteiger partial charge in [-0.2, -0.15) is 0 Å². The zero-order valence-electron chi connectivity index (χ0n) is 11.7. The molecule has 0 bridgehead atoms. The molecule has 0 spiro atoms. The van der Waals surface area contributed by atoms with Crippen LogP contribution in [0, 0.1) is 0 Å². The number of ether oxygens (including phenoxy) is 1. The van der Waals surface area contributed by atoms with Crippen LogP contribution < -0.4 is 5.73 Å². The van der Waals surface area contributed by atoms with Crippen molar-refractivity contribution in [2.75, 3.05) is 26.9 Å². The topological polar surface area (TPSA) is 62.9 Å². The predicted octanol–water partition coefficient (Wildman–Crippen LogP) is 1.40. The lowest BCUT2D eigenvalue weighted by atomic mass is 10.2. The Morgan fingerprint density at radius 1 is 1.00 bits per heavy atom. The highest BCUT2D eigenvalue weighted by atomic mass is 28.4. The van der Waals surface area contributed by atoms with E-state index in [0.29, 0.717) is 25.9 Å². The molecule has 2 atom stereocenters. The van der Waals surface area contributed by atoms with Crippen molar-refractivity contribution < 1.29 is 18.0 Å². The van der Waals surface area contributed by atoms with Crippen molar-refractivity contribution in [2.24, 2.45) is 5.73 Å². The van der Waals surface area contributed by atoms with Crippen molar-refractivity contribution in [1.82, 2.24) is 0 Å². The van der Waals surface area contributed by atoms with Crippen molar-refractivity contribution in [3.8, 4) is 0 Å². The summed E-state index contributed by atoms with van der Waals surface area (Å²) in [6.07, 6.45) is -0.105. The van der Waals surface area contributed by atoms with Crippen LogP contribution >= 0.6 is 0 Å². The fraction of sp³-hybridized carbons (Fsp3) is 1.00. The average Bonchev–Trinajstić information content (AvgIpc) is 2.26. The monoisotopic (exact) mass is 265 g/mol. The minimum Gasteiger partial charge on any atom is -0.380 e. The van der Waals surface area contributed by atoms with Gasteiger partial charge in [-0.3, -0.25) is 0 Å². The first-order valence-corrected chi connectivity index (χ1v) is 8.18. The van der Waals surface area contributed by atoms with E-state index in [1.54, 1.807) is 7.11 Å².